The largest absolute Gasteiger partial charge is 0.375 e. The van der Waals surface area contributed by atoms with Gasteiger partial charge in [-0.3, -0.25) is 0 Å². The van der Waals surface area contributed by atoms with Gasteiger partial charge in [-0.05, 0) is 118 Å². The molecular weight excluding hydrogens is 558 g/mol. The number of likely N-dealkylation sites (tertiary alicyclic amines) is 1. The van der Waals surface area contributed by atoms with Crippen LogP contribution in [0.5, 0.6) is 0 Å². The molecule has 3 heteroatoms. The second-order valence-electron chi connectivity index (χ2n) is 14.1. The van der Waals surface area contributed by atoms with Crippen LogP contribution in [0, 0.1) is 5.92 Å². The third-order valence-electron chi connectivity index (χ3n) is 10.7. The van der Waals surface area contributed by atoms with Crippen LogP contribution in [-0.4, -0.2) is 24.0 Å². The summed E-state index contributed by atoms with van der Waals surface area (Å²) in [4.78, 5) is 5.23. The van der Waals surface area contributed by atoms with Gasteiger partial charge in [-0.1, -0.05) is 94.5 Å². The number of fused-ring (bicyclic) bond motifs is 1. The van der Waals surface area contributed by atoms with Crippen LogP contribution in [0.2, 0.25) is 0 Å². The number of aryl methyl sites for hydroxylation is 1. The van der Waals surface area contributed by atoms with Gasteiger partial charge in [0, 0.05) is 54.0 Å². The number of allylic oxidation sites excluding steroid dienone is 7. The minimum absolute atomic E-state index is 0.475. The van der Waals surface area contributed by atoms with E-state index in [1.54, 1.807) is 11.1 Å². The Hall–Kier alpha value is -3.46. The summed E-state index contributed by atoms with van der Waals surface area (Å²) < 4.78 is 0. The molecule has 246 valence electrons. The molecule has 1 saturated carbocycles. The monoisotopic (exact) mass is 617 g/mol. The number of benzene rings is 2. The Morgan fingerprint density at radius 1 is 1.00 bits per heavy atom. The number of hydrogen-bond donors (Lipinski definition) is 1. The highest BCUT2D eigenvalue weighted by molar-refractivity contribution is 5.80. The fraction of sp³-hybridized carbons (Fsp3) is 0.488. The molecule has 46 heavy (non-hydrogen) atoms. The predicted octanol–water partition coefficient (Wildman–Crippen LogP) is 10.9. The normalized spacial score (nSPS) is 19.4. The van der Waals surface area contributed by atoms with E-state index in [-0.39, 0.29) is 0 Å². The first-order chi connectivity index (χ1) is 22.2. The molecule has 2 heterocycles. The van der Waals surface area contributed by atoms with Crippen molar-refractivity contribution in [3.63, 3.8) is 0 Å². The molecule has 0 bridgehead atoms. The van der Waals surface area contributed by atoms with Crippen LogP contribution < -0.4 is 10.2 Å². The zero-order chi connectivity index (χ0) is 32.8. The van der Waals surface area contributed by atoms with Gasteiger partial charge in [0.05, 0.1) is 0 Å². The Bertz CT molecular complexity index is 1490. The molecule has 1 N–H and O–H groups in total. The molecule has 2 aromatic rings. The molecular formula is C43H59N3. The summed E-state index contributed by atoms with van der Waals surface area (Å²) in [5.74, 6) is 1.44. The zero-order valence-corrected chi connectivity index (χ0v) is 29.7. The molecule has 2 fully saturated rings. The Morgan fingerprint density at radius 3 is 2.43 bits per heavy atom. The molecule has 0 amide bonds. The van der Waals surface area contributed by atoms with E-state index in [0.717, 1.165) is 56.9 Å². The second-order valence-corrected chi connectivity index (χ2v) is 14.1. The van der Waals surface area contributed by atoms with Crippen molar-refractivity contribution in [1.29, 1.82) is 0 Å². The molecule has 1 atom stereocenters. The first kappa shape index (κ1) is 33.9. The number of rotatable bonds is 14. The Morgan fingerprint density at radius 2 is 1.76 bits per heavy atom. The lowest BCUT2D eigenvalue weighted by molar-refractivity contribution is 0.253. The molecule has 1 unspecified atom stereocenters. The number of hydrogen-bond acceptors (Lipinski definition) is 3. The van der Waals surface area contributed by atoms with Crippen LogP contribution in [0.1, 0.15) is 120 Å². The van der Waals surface area contributed by atoms with Crippen molar-refractivity contribution in [2.24, 2.45) is 5.92 Å². The van der Waals surface area contributed by atoms with Crippen molar-refractivity contribution in [3.8, 4) is 0 Å². The Balaban J connectivity index is 1.29. The third-order valence-corrected chi connectivity index (χ3v) is 10.7. The Kier molecular flexibility index (Phi) is 11.4. The van der Waals surface area contributed by atoms with E-state index in [0.29, 0.717) is 12.0 Å². The summed E-state index contributed by atoms with van der Waals surface area (Å²) in [6.07, 6.45) is 17.2. The standard InChI is InChI=1S/C43H59N3/c1-9-14-31(5)42(11-3)44-32(6)16-12-15-30(4)40-18-13-17-39-27-33(7)46(43(39)40)29-35-19-22-41(36(10-2)28-35)38-23-25-45(26-24-38)34(8)37-20-21-37/h12-13,15-19,22,28,33,37-38,44H,6,8-11,14,20-21,23-27,29H2,1-5,7H3/b16-12-,30-15+,42-31+. The van der Waals surface area contributed by atoms with Crippen molar-refractivity contribution in [2.75, 3.05) is 18.0 Å². The zero-order valence-electron chi connectivity index (χ0n) is 29.7. The highest BCUT2D eigenvalue weighted by atomic mass is 15.2. The van der Waals surface area contributed by atoms with Gasteiger partial charge in [0.15, 0.2) is 0 Å². The predicted molar refractivity (Wildman–Crippen MR) is 200 cm³/mol. The average molecular weight is 618 g/mol. The van der Waals surface area contributed by atoms with Crippen LogP contribution in [0.25, 0.3) is 5.57 Å². The van der Waals surface area contributed by atoms with E-state index in [4.69, 9.17) is 0 Å². The smallest absolute Gasteiger partial charge is 0.0481 e. The number of anilines is 1. The van der Waals surface area contributed by atoms with Crippen LogP contribution >= 0.6 is 0 Å². The van der Waals surface area contributed by atoms with E-state index in [1.807, 2.05) is 0 Å². The summed E-state index contributed by atoms with van der Waals surface area (Å²) in [6.45, 7) is 25.6. The lowest BCUT2D eigenvalue weighted by Gasteiger charge is -2.36. The second kappa shape index (κ2) is 15.4. The maximum atomic E-state index is 4.42. The molecule has 3 nitrogen and oxygen atoms in total. The maximum Gasteiger partial charge on any atom is 0.0481 e. The van der Waals surface area contributed by atoms with Crippen molar-refractivity contribution < 1.29 is 0 Å². The molecule has 5 rings (SSSR count). The molecule has 1 saturated heterocycles. The van der Waals surface area contributed by atoms with Crippen molar-refractivity contribution in [3.05, 3.63) is 118 Å². The molecule has 0 aromatic heterocycles. The fourth-order valence-electron chi connectivity index (χ4n) is 7.76. The number of nitrogens with zero attached hydrogens (tertiary/aromatic N) is 2. The minimum Gasteiger partial charge on any atom is -0.375 e. The van der Waals surface area contributed by atoms with Crippen molar-refractivity contribution >= 4 is 11.3 Å². The molecule has 2 aromatic carbocycles. The van der Waals surface area contributed by atoms with Gasteiger partial charge < -0.3 is 15.1 Å². The minimum atomic E-state index is 0.475. The van der Waals surface area contributed by atoms with Crippen molar-refractivity contribution in [1.82, 2.24) is 10.2 Å². The highest BCUT2D eigenvalue weighted by Crippen LogP contribution is 2.42. The van der Waals surface area contributed by atoms with Gasteiger partial charge in [0.25, 0.3) is 0 Å². The molecule has 2 aliphatic heterocycles. The van der Waals surface area contributed by atoms with Crippen LogP contribution in [0.3, 0.4) is 0 Å². The molecule has 1 aliphatic carbocycles. The molecule has 0 spiro atoms. The van der Waals surface area contributed by atoms with E-state index < -0.39 is 0 Å². The highest BCUT2D eigenvalue weighted by Gasteiger charge is 2.32. The molecule has 3 aliphatic rings. The quantitative estimate of drug-likeness (QED) is 0.213. The topological polar surface area (TPSA) is 18.5 Å². The van der Waals surface area contributed by atoms with Gasteiger partial charge in [0.2, 0.25) is 0 Å². The third kappa shape index (κ3) is 7.91. The number of nitrogens with one attached hydrogen (secondary N) is 1. The fourth-order valence-corrected chi connectivity index (χ4v) is 7.76. The first-order valence-corrected chi connectivity index (χ1v) is 18.2. The first-order valence-electron chi connectivity index (χ1n) is 18.2. The molecule has 0 radical (unpaired) electrons. The van der Waals surface area contributed by atoms with Crippen LogP contribution in [-0.2, 0) is 19.4 Å². The number of para-hydroxylation sites is 1. The Labute approximate surface area is 280 Å². The summed E-state index contributed by atoms with van der Waals surface area (Å²) in [7, 11) is 0. The van der Waals surface area contributed by atoms with Gasteiger partial charge in [-0.2, -0.15) is 0 Å². The van der Waals surface area contributed by atoms with Crippen LogP contribution in [0.15, 0.2) is 90.4 Å². The summed E-state index contributed by atoms with van der Waals surface area (Å²) in [6, 6.07) is 14.7. The van der Waals surface area contributed by atoms with E-state index in [2.05, 4.69) is 124 Å². The lowest BCUT2D eigenvalue weighted by atomic mass is 9.84. The van der Waals surface area contributed by atoms with Gasteiger partial charge in [-0.25, -0.2) is 0 Å². The van der Waals surface area contributed by atoms with E-state index >= 15 is 0 Å². The van der Waals surface area contributed by atoms with Gasteiger partial charge in [-0.15, -0.1) is 0 Å². The lowest BCUT2D eigenvalue weighted by Crippen LogP contribution is -2.33. The summed E-state index contributed by atoms with van der Waals surface area (Å²) >= 11 is 0. The summed E-state index contributed by atoms with van der Waals surface area (Å²) in [5, 5.41) is 3.55. The van der Waals surface area contributed by atoms with Crippen molar-refractivity contribution in [2.45, 2.75) is 118 Å². The summed E-state index contributed by atoms with van der Waals surface area (Å²) in [5.41, 5.74) is 15.1. The number of piperidine rings is 1. The van der Waals surface area contributed by atoms with E-state index in [1.165, 1.54) is 77.0 Å². The van der Waals surface area contributed by atoms with Gasteiger partial charge in [0.1, 0.15) is 0 Å². The SMILES string of the molecule is C=C(/C=C\C=C(/C)c1cccc2c1N(Cc1ccc(C3CCN(C(=C)C4CC4)CC3)c(CC)c1)C(C)C2)N/C(CC)=C(\C)CCC. The average Bonchev–Trinajstić information content (AvgIpc) is 3.87. The van der Waals surface area contributed by atoms with Crippen LogP contribution in [0.4, 0.5) is 5.69 Å². The van der Waals surface area contributed by atoms with Gasteiger partial charge >= 0.3 is 0 Å². The maximum absolute atomic E-state index is 4.42. The van der Waals surface area contributed by atoms with E-state index in [9.17, 15) is 0 Å².